The number of nitrogens with zero attached hydrogens (tertiary/aromatic N) is 2. The molecule has 2 aliphatic rings. The monoisotopic (exact) mass is 606 g/mol. The van der Waals surface area contributed by atoms with Crippen molar-refractivity contribution in [2.24, 2.45) is 0 Å². The number of carbonyl (C=O) groups is 4. The lowest BCUT2D eigenvalue weighted by Gasteiger charge is -2.27. The Balaban J connectivity index is 1.41. The van der Waals surface area contributed by atoms with Gasteiger partial charge >= 0.3 is 6.03 Å². The maximum Gasteiger partial charge on any atom is 0.335 e. The third-order valence-corrected chi connectivity index (χ3v) is 9.51. The Morgan fingerprint density at radius 2 is 1.57 bits per heavy atom. The summed E-state index contributed by atoms with van der Waals surface area (Å²) in [6.45, 7) is 9.64. The summed E-state index contributed by atoms with van der Waals surface area (Å²) < 4.78 is 2.04. The lowest BCUT2D eigenvalue weighted by Crippen LogP contribution is -2.54. The molecule has 1 fully saturated rings. The molecule has 5 amide bonds. The summed E-state index contributed by atoms with van der Waals surface area (Å²) in [5.74, 6) is -1.58. The van der Waals surface area contributed by atoms with Crippen LogP contribution < -0.4 is 15.5 Å². The van der Waals surface area contributed by atoms with Crippen molar-refractivity contribution in [2.75, 3.05) is 10.2 Å². The van der Waals surface area contributed by atoms with E-state index in [0.29, 0.717) is 16.8 Å². The molecule has 2 aromatic carbocycles. The number of thiophene rings is 1. The first-order valence-corrected chi connectivity index (χ1v) is 15.5. The molecule has 2 N–H and O–H groups in total. The van der Waals surface area contributed by atoms with Crippen molar-refractivity contribution >= 4 is 52.5 Å². The van der Waals surface area contributed by atoms with Crippen molar-refractivity contribution in [3.63, 3.8) is 0 Å². The van der Waals surface area contributed by atoms with E-state index < -0.39 is 17.8 Å². The second kappa shape index (κ2) is 11.4. The van der Waals surface area contributed by atoms with Crippen molar-refractivity contribution in [1.29, 1.82) is 0 Å². The van der Waals surface area contributed by atoms with E-state index >= 15 is 0 Å². The van der Waals surface area contributed by atoms with Gasteiger partial charge in [-0.25, -0.2) is 9.69 Å². The molecule has 4 aromatic rings. The zero-order chi connectivity index (χ0) is 31.3. The predicted molar refractivity (Wildman–Crippen MR) is 174 cm³/mol. The van der Waals surface area contributed by atoms with Gasteiger partial charge in [-0.2, -0.15) is 0 Å². The average molecular weight is 607 g/mol. The third-order valence-electron chi connectivity index (χ3n) is 8.23. The second-order valence-corrected chi connectivity index (χ2v) is 12.8. The van der Waals surface area contributed by atoms with E-state index in [4.69, 9.17) is 0 Å². The maximum atomic E-state index is 13.8. The Hall–Kier alpha value is -4.76. The fourth-order valence-corrected chi connectivity index (χ4v) is 7.64. The highest BCUT2D eigenvalue weighted by Crippen LogP contribution is 2.39. The molecule has 2 aromatic heterocycles. The van der Waals surface area contributed by atoms with Crippen LogP contribution in [-0.2, 0) is 22.4 Å². The van der Waals surface area contributed by atoms with E-state index in [1.165, 1.54) is 11.0 Å². The van der Waals surface area contributed by atoms with Crippen LogP contribution in [0.15, 0.2) is 54.1 Å². The first kappa shape index (κ1) is 29.3. The Kier molecular flexibility index (Phi) is 7.59. The van der Waals surface area contributed by atoms with Gasteiger partial charge in [-0.15, -0.1) is 11.3 Å². The molecule has 6 rings (SSSR count). The molecule has 9 heteroatoms. The van der Waals surface area contributed by atoms with Gasteiger partial charge in [0.15, 0.2) is 0 Å². The molecule has 3 heterocycles. The minimum atomic E-state index is -0.777. The summed E-state index contributed by atoms with van der Waals surface area (Å²) in [7, 11) is 0. The van der Waals surface area contributed by atoms with Gasteiger partial charge in [-0.3, -0.25) is 19.7 Å². The van der Waals surface area contributed by atoms with Crippen LogP contribution in [-0.4, -0.2) is 28.3 Å². The molecule has 0 saturated carbocycles. The number of hydrogen-bond donors (Lipinski definition) is 2. The Labute approximate surface area is 260 Å². The number of carbonyl (C=O) groups excluding carboxylic acids is 4. The Bertz CT molecular complexity index is 1870. The van der Waals surface area contributed by atoms with Gasteiger partial charge in [-0.05, 0) is 119 Å². The molecular weight excluding hydrogens is 572 g/mol. The second-order valence-electron chi connectivity index (χ2n) is 11.7. The fourth-order valence-electron chi connectivity index (χ4n) is 6.15. The van der Waals surface area contributed by atoms with Crippen molar-refractivity contribution in [3.05, 3.63) is 104 Å². The minimum Gasteiger partial charge on any atom is -0.322 e. The van der Waals surface area contributed by atoms with Gasteiger partial charge in [0, 0.05) is 22.0 Å². The van der Waals surface area contributed by atoms with Gasteiger partial charge in [0.25, 0.3) is 17.7 Å². The molecule has 0 atom stereocenters. The highest BCUT2D eigenvalue weighted by atomic mass is 32.1. The molecule has 0 unspecified atom stereocenters. The number of urea groups is 1. The normalized spacial score (nSPS) is 15.9. The van der Waals surface area contributed by atoms with Gasteiger partial charge in [0.2, 0.25) is 0 Å². The smallest absolute Gasteiger partial charge is 0.322 e. The van der Waals surface area contributed by atoms with Crippen LogP contribution in [0.25, 0.3) is 11.1 Å². The van der Waals surface area contributed by atoms with E-state index in [9.17, 15) is 19.2 Å². The lowest BCUT2D eigenvalue weighted by molar-refractivity contribution is -0.122. The van der Waals surface area contributed by atoms with Gasteiger partial charge in [0.05, 0.1) is 11.3 Å². The van der Waals surface area contributed by atoms with E-state index in [1.54, 1.807) is 23.5 Å². The molecule has 224 valence electrons. The zero-order valence-electron chi connectivity index (χ0n) is 25.5. The number of aromatic nitrogens is 1. The first-order valence-electron chi connectivity index (χ1n) is 14.7. The summed E-state index contributed by atoms with van der Waals surface area (Å²) in [4.78, 5) is 55.5. The molecule has 1 aliphatic heterocycles. The molecule has 44 heavy (non-hydrogen) atoms. The SMILES string of the molecule is Cc1ccc(NC(=O)c2c(-n3c(C)cc(/C=C4\C(=O)NC(=O)N(c5cc(C)cc(C)c5)C4=O)c3C)sc3c2CCCC3)cc1. The largest absolute Gasteiger partial charge is 0.335 e. The van der Waals surface area contributed by atoms with Crippen LogP contribution in [0.5, 0.6) is 0 Å². The van der Waals surface area contributed by atoms with Crippen molar-refractivity contribution in [1.82, 2.24) is 9.88 Å². The van der Waals surface area contributed by atoms with E-state index in [2.05, 4.69) is 10.6 Å². The van der Waals surface area contributed by atoms with E-state index in [-0.39, 0.29) is 11.5 Å². The summed E-state index contributed by atoms with van der Waals surface area (Å²) >= 11 is 1.63. The number of barbiturate groups is 1. The van der Waals surface area contributed by atoms with Gasteiger partial charge < -0.3 is 9.88 Å². The molecule has 8 nitrogen and oxygen atoms in total. The molecule has 0 spiro atoms. The van der Waals surface area contributed by atoms with Gasteiger partial charge in [-0.1, -0.05) is 23.8 Å². The molecular formula is C35H34N4O4S. The van der Waals surface area contributed by atoms with Crippen LogP contribution in [0.4, 0.5) is 16.2 Å². The highest BCUT2D eigenvalue weighted by Gasteiger charge is 2.37. The number of rotatable bonds is 5. The van der Waals surface area contributed by atoms with E-state index in [1.807, 2.05) is 75.6 Å². The van der Waals surface area contributed by atoms with Gasteiger partial charge in [0.1, 0.15) is 10.6 Å². The standard InChI is InChI=1S/C35H34N4O4S/c1-19-10-12-25(13-11-19)36-32(41)30-27-8-6-7-9-29(27)44-34(30)38-22(4)17-24(23(38)5)18-28-31(40)37-35(43)39(33(28)42)26-15-20(2)14-21(3)16-26/h10-18H,6-9H2,1-5H3,(H,36,41)(H,37,40,43)/b28-18+. The number of nitrogens with one attached hydrogen (secondary N) is 2. The third kappa shape index (κ3) is 5.28. The average Bonchev–Trinajstić information content (AvgIpc) is 3.47. The highest BCUT2D eigenvalue weighted by molar-refractivity contribution is 7.15. The van der Waals surface area contributed by atoms with Crippen LogP contribution in [0.2, 0.25) is 0 Å². The molecule has 0 bridgehead atoms. The Morgan fingerprint density at radius 1 is 0.886 bits per heavy atom. The fraction of sp³-hybridized carbons (Fsp3) is 0.257. The van der Waals surface area contributed by atoms with Crippen LogP contribution >= 0.6 is 11.3 Å². The quantitative estimate of drug-likeness (QED) is 0.191. The number of benzene rings is 2. The molecule has 0 radical (unpaired) electrons. The van der Waals surface area contributed by atoms with Crippen molar-refractivity contribution < 1.29 is 19.2 Å². The van der Waals surface area contributed by atoms with Crippen LogP contribution in [0.1, 0.15) is 67.3 Å². The Morgan fingerprint density at radius 3 is 2.27 bits per heavy atom. The molecule has 1 aliphatic carbocycles. The van der Waals surface area contributed by atoms with E-state index in [0.717, 1.165) is 74.9 Å². The summed E-state index contributed by atoms with van der Waals surface area (Å²) in [5, 5.41) is 6.25. The number of amides is 5. The number of imide groups is 2. The van der Waals surface area contributed by atoms with Crippen molar-refractivity contribution in [3.8, 4) is 5.00 Å². The first-order chi connectivity index (χ1) is 21.0. The topological polar surface area (TPSA) is 101 Å². The van der Waals surface area contributed by atoms with Crippen molar-refractivity contribution in [2.45, 2.75) is 60.3 Å². The number of fused-ring (bicyclic) bond motifs is 1. The number of aryl methyl sites for hydroxylation is 5. The van der Waals surface area contributed by atoms with Crippen LogP contribution in [0, 0.1) is 34.6 Å². The zero-order valence-corrected chi connectivity index (χ0v) is 26.3. The minimum absolute atomic E-state index is 0.133. The lowest BCUT2D eigenvalue weighted by atomic mass is 9.95. The maximum absolute atomic E-state index is 13.8. The molecule has 1 saturated heterocycles. The van der Waals surface area contributed by atoms with Crippen LogP contribution in [0.3, 0.4) is 0 Å². The number of anilines is 2. The summed E-state index contributed by atoms with van der Waals surface area (Å²) in [6, 6.07) is 14.3. The summed E-state index contributed by atoms with van der Waals surface area (Å²) in [5.41, 5.74) is 7.99. The summed E-state index contributed by atoms with van der Waals surface area (Å²) in [6.07, 6.45) is 5.42. The predicted octanol–water partition coefficient (Wildman–Crippen LogP) is 6.88. The number of hydrogen-bond acceptors (Lipinski definition) is 5.